The van der Waals surface area contributed by atoms with E-state index in [1.165, 1.54) is 5.57 Å². The minimum absolute atomic E-state index is 0.723. The monoisotopic (exact) mass is 163 g/mol. The molecule has 1 aliphatic heterocycles. The molecule has 12 heavy (non-hydrogen) atoms. The highest BCUT2D eigenvalue weighted by Crippen LogP contribution is 2.19. The second-order valence-corrected chi connectivity index (χ2v) is 3.74. The molecule has 0 saturated carbocycles. The van der Waals surface area contributed by atoms with E-state index in [1.807, 2.05) is 7.05 Å². The van der Waals surface area contributed by atoms with Crippen LogP contribution < -0.4 is 0 Å². The zero-order chi connectivity index (χ0) is 9.14. The van der Waals surface area contributed by atoms with Gasteiger partial charge < -0.3 is 4.90 Å². The van der Waals surface area contributed by atoms with E-state index in [2.05, 4.69) is 43.7 Å². The Morgan fingerprint density at radius 1 is 1.42 bits per heavy atom. The third-order valence-electron chi connectivity index (χ3n) is 1.95. The van der Waals surface area contributed by atoms with Gasteiger partial charge in [0.05, 0.1) is 0 Å². The fraction of sp³-hybridized carbons (Fsp3) is 0.455. The zero-order valence-electron chi connectivity index (χ0n) is 8.17. The largest absolute Gasteiger partial charge is 0.351 e. The van der Waals surface area contributed by atoms with E-state index in [1.54, 1.807) is 0 Å². The molecule has 0 atom stereocenters. The smallest absolute Gasteiger partial charge is 0.0330 e. The highest BCUT2D eigenvalue weighted by atomic mass is 15.1. The average molecular weight is 163 g/mol. The Bertz CT molecular complexity index is 233. The zero-order valence-corrected chi connectivity index (χ0v) is 8.17. The van der Waals surface area contributed by atoms with Crippen LogP contribution in [0, 0.1) is 5.92 Å². The van der Waals surface area contributed by atoms with Crippen LogP contribution in [-0.2, 0) is 0 Å². The highest BCUT2D eigenvalue weighted by Gasteiger charge is 2.05. The van der Waals surface area contributed by atoms with Gasteiger partial charge in [0.1, 0.15) is 0 Å². The minimum atomic E-state index is 0.723. The quantitative estimate of drug-likeness (QED) is 0.605. The molecule has 0 aromatic carbocycles. The standard InChI is InChI=1S/C11H17N/c1-9(2)7-11-6-5-10(3)12(4)8-11/h5-6,8-9H,3,7H2,1-2,4H3. The first-order valence-electron chi connectivity index (χ1n) is 4.40. The van der Waals surface area contributed by atoms with Crippen LogP contribution in [0.2, 0.25) is 0 Å². The van der Waals surface area contributed by atoms with Crippen molar-refractivity contribution in [3.63, 3.8) is 0 Å². The van der Waals surface area contributed by atoms with Gasteiger partial charge in [0.2, 0.25) is 0 Å². The molecule has 66 valence electrons. The molecule has 1 heteroatoms. The summed E-state index contributed by atoms with van der Waals surface area (Å²) in [6.07, 6.45) is 7.52. The van der Waals surface area contributed by atoms with E-state index in [0.29, 0.717) is 0 Å². The molecule has 0 amide bonds. The van der Waals surface area contributed by atoms with Crippen molar-refractivity contribution in [1.82, 2.24) is 4.90 Å². The van der Waals surface area contributed by atoms with Crippen molar-refractivity contribution >= 4 is 0 Å². The summed E-state index contributed by atoms with van der Waals surface area (Å²) in [6, 6.07) is 0. The van der Waals surface area contributed by atoms with Crippen molar-refractivity contribution < 1.29 is 0 Å². The molecule has 1 nitrogen and oxygen atoms in total. The predicted molar refractivity (Wildman–Crippen MR) is 53.6 cm³/mol. The van der Waals surface area contributed by atoms with Gasteiger partial charge in [-0.2, -0.15) is 0 Å². The molecule has 0 aliphatic carbocycles. The maximum absolute atomic E-state index is 3.90. The Morgan fingerprint density at radius 3 is 2.58 bits per heavy atom. The van der Waals surface area contributed by atoms with E-state index < -0.39 is 0 Å². The molecule has 0 N–H and O–H groups in total. The lowest BCUT2D eigenvalue weighted by molar-refractivity contribution is 0.563. The first-order valence-corrected chi connectivity index (χ1v) is 4.40. The van der Waals surface area contributed by atoms with E-state index in [9.17, 15) is 0 Å². The van der Waals surface area contributed by atoms with Gasteiger partial charge in [0, 0.05) is 18.9 Å². The number of allylic oxidation sites excluding steroid dienone is 3. The van der Waals surface area contributed by atoms with Crippen molar-refractivity contribution in [3.8, 4) is 0 Å². The maximum Gasteiger partial charge on any atom is 0.0330 e. The second kappa shape index (κ2) is 3.61. The molecule has 1 heterocycles. The normalized spacial score (nSPS) is 17.2. The Kier molecular flexibility index (Phi) is 2.74. The van der Waals surface area contributed by atoms with Crippen LogP contribution in [-0.4, -0.2) is 11.9 Å². The lowest BCUT2D eigenvalue weighted by atomic mass is 10.0. The summed E-state index contributed by atoms with van der Waals surface area (Å²) in [6.45, 7) is 8.37. The summed E-state index contributed by atoms with van der Waals surface area (Å²) in [5, 5.41) is 0. The van der Waals surface area contributed by atoms with Crippen LogP contribution >= 0.6 is 0 Å². The van der Waals surface area contributed by atoms with Crippen LogP contribution in [0.25, 0.3) is 0 Å². The van der Waals surface area contributed by atoms with Crippen LogP contribution in [0.4, 0.5) is 0 Å². The van der Waals surface area contributed by atoms with Crippen LogP contribution in [0.3, 0.4) is 0 Å². The first kappa shape index (κ1) is 9.11. The van der Waals surface area contributed by atoms with Crippen molar-refractivity contribution in [2.24, 2.45) is 5.92 Å². The number of nitrogens with zero attached hydrogens (tertiary/aromatic N) is 1. The third-order valence-corrected chi connectivity index (χ3v) is 1.95. The average Bonchev–Trinajstić information content (AvgIpc) is 1.96. The van der Waals surface area contributed by atoms with Crippen molar-refractivity contribution in [3.05, 3.63) is 36.2 Å². The Labute approximate surface area is 75.1 Å². The van der Waals surface area contributed by atoms with Gasteiger partial charge >= 0.3 is 0 Å². The van der Waals surface area contributed by atoms with E-state index in [0.717, 1.165) is 18.0 Å². The number of hydrogen-bond donors (Lipinski definition) is 0. The van der Waals surface area contributed by atoms with Gasteiger partial charge in [-0.15, -0.1) is 0 Å². The van der Waals surface area contributed by atoms with E-state index in [4.69, 9.17) is 0 Å². The molecule has 0 saturated heterocycles. The predicted octanol–water partition coefficient (Wildman–Crippen LogP) is 2.93. The van der Waals surface area contributed by atoms with Crippen LogP contribution in [0.15, 0.2) is 36.2 Å². The van der Waals surface area contributed by atoms with Gasteiger partial charge in [-0.05, 0) is 24.0 Å². The molecule has 1 aliphatic rings. The lowest BCUT2D eigenvalue weighted by Crippen LogP contribution is -2.11. The van der Waals surface area contributed by atoms with Crippen molar-refractivity contribution in [1.29, 1.82) is 0 Å². The Hall–Kier alpha value is -0.980. The molecule has 0 unspecified atom stereocenters. The van der Waals surface area contributed by atoms with Gasteiger partial charge in [0.25, 0.3) is 0 Å². The van der Waals surface area contributed by atoms with Gasteiger partial charge in [-0.1, -0.05) is 26.5 Å². The van der Waals surface area contributed by atoms with Crippen molar-refractivity contribution in [2.75, 3.05) is 7.05 Å². The second-order valence-electron chi connectivity index (χ2n) is 3.74. The number of rotatable bonds is 2. The Morgan fingerprint density at radius 2 is 2.08 bits per heavy atom. The molecule has 0 radical (unpaired) electrons. The highest BCUT2D eigenvalue weighted by molar-refractivity contribution is 5.32. The van der Waals surface area contributed by atoms with Crippen molar-refractivity contribution in [2.45, 2.75) is 20.3 Å². The van der Waals surface area contributed by atoms with Gasteiger partial charge in [0.15, 0.2) is 0 Å². The lowest BCUT2D eigenvalue weighted by Gasteiger charge is -2.20. The van der Waals surface area contributed by atoms with Gasteiger partial charge in [-0.25, -0.2) is 0 Å². The van der Waals surface area contributed by atoms with Crippen LogP contribution in [0.5, 0.6) is 0 Å². The molecule has 0 fully saturated rings. The molecule has 0 bridgehead atoms. The van der Waals surface area contributed by atoms with Crippen LogP contribution in [0.1, 0.15) is 20.3 Å². The van der Waals surface area contributed by atoms with E-state index >= 15 is 0 Å². The molecular formula is C11H17N. The topological polar surface area (TPSA) is 3.24 Å². The maximum atomic E-state index is 3.90. The number of likely N-dealkylation sites (N-methyl/N-ethyl adjacent to an activating group) is 1. The minimum Gasteiger partial charge on any atom is -0.351 e. The summed E-state index contributed by atoms with van der Waals surface area (Å²) >= 11 is 0. The fourth-order valence-corrected chi connectivity index (χ4v) is 1.29. The molecule has 0 spiro atoms. The SMILES string of the molecule is C=C1C=CC(CC(C)C)=CN1C. The number of hydrogen-bond acceptors (Lipinski definition) is 1. The molecule has 0 aromatic rings. The summed E-state index contributed by atoms with van der Waals surface area (Å²) < 4.78 is 0. The summed E-state index contributed by atoms with van der Waals surface area (Å²) in [7, 11) is 2.03. The first-order chi connectivity index (χ1) is 5.59. The summed E-state index contributed by atoms with van der Waals surface area (Å²) in [4.78, 5) is 2.07. The molecule has 1 rings (SSSR count). The molecule has 0 aromatic heterocycles. The molecular weight excluding hydrogens is 146 g/mol. The summed E-state index contributed by atoms with van der Waals surface area (Å²) in [5.74, 6) is 0.723. The summed E-state index contributed by atoms with van der Waals surface area (Å²) in [5.41, 5.74) is 2.45. The van der Waals surface area contributed by atoms with E-state index in [-0.39, 0.29) is 0 Å². The third kappa shape index (κ3) is 2.26. The fourth-order valence-electron chi connectivity index (χ4n) is 1.29. The Balaban J connectivity index is 2.63. The van der Waals surface area contributed by atoms with Gasteiger partial charge in [-0.3, -0.25) is 0 Å².